The first-order valence-electron chi connectivity index (χ1n) is 4.22. The molecule has 1 rings (SSSR count). The molecule has 0 N–H and O–H groups in total. The summed E-state index contributed by atoms with van der Waals surface area (Å²) < 4.78 is 0. The van der Waals surface area contributed by atoms with E-state index in [2.05, 4.69) is 35.8 Å². The van der Waals surface area contributed by atoms with Crippen LogP contribution in [0.25, 0.3) is 0 Å². The highest BCUT2D eigenvalue weighted by Gasteiger charge is 2.18. The monoisotopic (exact) mass is 155 g/mol. The molecule has 0 aromatic heterocycles. The van der Waals surface area contributed by atoms with E-state index < -0.39 is 0 Å². The number of likely N-dealkylation sites (N-methyl/N-ethyl adjacent to an activating group) is 2. The average molecular weight is 155 g/mol. The zero-order valence-corrected chi connectivity index (χ0v) is 7.67. The molecular weight excluding hydrogens is 138 g/mol. The summed E-state index contributed by atoms with van der Waals surface area (Å²) in [6, 6.07) is 0. The zero-order valence-electron chi connectivity index (χ0n) is 7.67. The van der Waals surface area contributed by atoms with Crippen LogP contribution in [0.3, 0.4) is 0 Å². The van der Waals surface area contributed by atoms with Gasteiger partial charge in [0.15, 0.2) is 5.96 Å². The Hall–Kier alpha value is -0.730. The maximum Gasteiger partial charge on any atom is 0.196 e. The van der Waals surface area contributed by atoms with Crippen molar-refractivity contribution in [1.82, 2.24) is 9.80 Å². The summed E-state index contributed by atoms with van der Waals surface area (Å²) >= 11 is 0. The highest BCUT2D eigenvalue weighted by Crippen LogP contribution is 2.03. The molecule has 64 valence electrons. The van der Waals surface area contributed by atoms with E-state index in [4.69, 9.17) is 0 Å². The summed E-state index contributed by atoms with van der Waals surface area (Å²) in [5.41, 5.74) is 0. The summed E-state index contributed by atoms with van der Waals surface area (Å²) in [5.74, 6) is 1.15. The molecule has 0 saturated carbocycles. The van der Waals surface area contributed by atoms with Crippen LogP contribution in [0.1, 0.15) is 13.3 Å². The molecule has 0 amide bonds. The SMILES string of the molecule is CCCN=C1N(C)CCN1C. The van der Waals surface area contributed by atoms with Crippen molar-refractivity contribution in [3.63, 3.8) is 0 Å². The van der Waals surface area contributed by atoms with Crippen molar-refractivity contribution in [2.24, 2.45) is 4.99 Å². The molecule has 0 spiro atoms. The summed E-state index contributed by atoms with van der Waals surface area (Å²) in [6.07, 6.45) is 1.13. The fraction of sp³-hybridized carbons (Fsp3) is 0.875. The van der Waals surface area contributed by atoms with Gasteiger partial charge in [-0.15, -0.1) is 0 Å². The average Bonchev–Trinajstić information content (AvgIpc) is 2.29. The molecule has 0 atom stereocenters. The number of hydrogen-bond donors (Lipinski definition) is 0. The van der Waals surface area contributed by atoms with Gasteiger partial charge in [-0.1, -0.05) is 6.92 Å². The fourth-order valence-corrected chi connectivity index (χ4v) is 1.24. The van der Waals surface area contributed by atoms with Crippen molar-refractivity contribution >= 4 is 5.96 Å². The molecule has 0 aromatic rings. The normalized spacial score (nSPS) is 17.9. The van der Waals surface area contributed by atoms with Gasteiger partial charge in [0, 0.05) is 33.7 Å². The molecule has 0 aromatic carbocycles. The summed E-state index contributed by atoms with van der Waals surface area (Å²) in [6.45, 7) is 5.32. The molecular formula is C8H17N3. The summed E-state index contributed by atoms with van der Waals surface area (Å²) in [7, 11) is 4.19. The van der Waals surface area contributed by atoms with Gasteiger partial charge in [0.25, 0.3) is 0 Å². The van der Waals surface area contributed by atoms with Crippen LogP contribution in [0, 0.1) is 0 Å². The Balaban J connectivity index is 2.53. The minimum atomic E-state index is 0.948. The molecule has 1 fully saturated rings. The molecule has 11 heavy (non-hydrogen) atoms. The van der Waals surface area contributed by atoms with Gasteiger partial charge < -0.3 is 9.80 Å². The lowest BCUT2D eigenvalue weighted by molar-refractivity contribution is 0.553. The van der Waals surface area contributed by atoms with E-state index >= 15 is 0 Å². The van der Waals surface area contributed by atoms with Gasteiger partial charge in [0.1, 0.15) is 0 Å². The summed E-state index contributed by atoms with van der Waals surface area (Å²) in [5, 5.41) is 0. The van der Waals surface area contributed by atoms with Crippen LogP contribution in [-0.4, -0.2) is 49.5 Å². The molecule has 0 aliphatic carbocycles. The number of aliphatic imine (C=N–C) groups is 1. The Morgan fingerprint density at radius 2 is 1.82 bits per heavy atom. The number of nitrogens with zero attached hydrogens (tertiary/aromatic N) is 3. The van der Waals surface area contributed by atoms with Gasteiger partial charge in [0.2, 0.25) is 0 Å². The van der Waals surface area contributed by atoms with Crippen molar-refractivity contribution in [3.8, 4) is 0 Å². The van der Waals surface area contributed by atoms with Crippen LogP contribution in [0.5, 0.6) is 0 Å². The van der Waals surface area contributed by atoms with Crippen LogP contribution in [0.4, 0.5) is 0 Å². The maximum atomic E-state index is 4.47. The Kier molecular flexibility index (Phi) is 2.74. The second-order valence-corrected chi connectivity index (χ2v) is 3.02. The number of rotatable bonds is 2. The maximum absolute atomic E-state index is 4.47. The predicted octanol–water partition coefficient (Wildman–Crippen LogP) is 0.630. The molecule has 0 unspecified atom stereocenters. The smallest absolute Gasteiger partial charge is 0.196 e. The van der Waals surface area contributed by atoms with Gasteiger partial charge in [-0.05, 0) is 6.42 Å². The van der Waals surface area contributed by atoms with Gasteiger partial charge in [-0.3, -0.25) is 4.99 Å². The van der Waals surface area contributed by atoms with E-state index in [-0.39, 0.29) is 0 Å². The van der Waals surface area contributed by atoms with Crippen LogP contribution >= 0.6 is 0 Å². The minimum Gasteiger partial charge on any atom is -0.344 e. The van der Waals surface area contributed by atoms with E-state index in [1.54, 1.807) is 0 Å². The van der Waals surface area contributed by atoms with Crippen LogP contribution in [0.15, 0.2) is 4.99 Å². The van der Waals surface area contributed by atoms with E-state index in [9.17, 15) is 0 Å². The Bertz CT molecular complexity index is 141. The Labute approximate surface area is 68.7 Å². The lowest BCUT2D eigenvalue weighted by atomic mass is 10.5. The van der Waals surface area contributed by atoms with Crippen molar-refractivity contribution in [1.29, 1.82) is 0 Å². The molecule has 1 saturated heterocycles. The fourth-order valence-electron chi connectivity index (χ4n) is 1.24. The molecule has 1 aliphatic heterocycles. The van der Waals surface area contributed by atoms with Crippen molar-refractivity contribution in [2.45, 2.75) is 13.3 Å². The van der Waals surface area contributed by atoms with E-state index in [0.717, 1.165) is 32.0 Å². The molecule has 0 bridgehead atoms. The van der Waals surface area contributed by atoms with Gasteiger partial charge in [-0.2, -0.15) is 0 Å². The standard InChI is InChI=1S/C8H17N3/c1-4-5-9-8-10(2)6-7-11(8)3/h4-7H2,1-3H3. The van der Waals surface area contributed by atoms with E-state index in [1.165, 1.54) is 0 Å². The molecule has 1 heterocycles. The predicted molar refractivity (Wildman–Crippen MR) is 47.9 cm³/mol. The third-order valence-corrected chi connectivity index (χ3v) is 1.93. The second-order valence-electron chi connectivity index (χ2n) is 3.02. The Morgan fingerprint density at radius 1 is 1.27 bits per heavy atom. The van der Waals surface area contributed by atoms with Gasteiger partial charge in [-0.25, -0.2) is 0 Å². The van der Waals surface area contributed by atoms with E-state index in [0.29, 0.717) is 0 Å². The molecule has 1 aliphatic rings. The van der Waals surface area contributed by atoms with Gasteiger partial charge >= 0.3 is 0 Å². The lowest BCUT2D eigenvalue weighted by Crippen LogP contribution is -2.28. The zero-order chi connectivity index (χ0) is 8.27. The topological polar surface area (TPSA) is 18.8 Å². The van der Waals surface area contributed by atoms with Crippen molar-refractivity contribution in [3.05, 3.63) is 0 Å². The first kappa shape index (κ1) is 8.37. The van der Waals surface area contributed by atoms with Crippen LogP contribution in [-0.2, 0) is 0 Å². The third-order valence-electron chi connectivity index (χ3n) is 1.93. The third kappa shape index (κ3) is 1.85. The second kappa shape index (κ2) is 3.60. The highest BCUT2D eigenvalue weighted by molar-refractivity contribution is 5.81. The first-order chi connectivity index (χ1) is 5.25. The number of guanidine groups is 1. The van der Waals surface area contributed by atoms with E-state index in [1.807, 2.05) is 0 Å². The van der Waals surface area contributed by atoms with Crippen LogP contribution < -0.4 is 0 Å². The quantitative estimate of drug-likeness (QED) is 0.582. The highest BCUT2D eigenvalue weighted by atomic mass is 15.4. The molecule has 3 nitrogen and oxygen atoms in total. The first-order valence-corrected chi connectivity index (χ1v) is 4.22. The van der Waals surface area contributed by atoms with Crippen LogP contribution in [0.2, 0.25) is 0 Å². The van der Waals surface area contributed by atoms with Crippen molar-refractivity contribution < 1.29 is 0 Å². The number of hydrogen-bond acceptors (Lipinski definition) is 1. The van der Waals surface area contributed by atoms with Crippen molar-refractivity contribution in [2.75, 3.05) is 33.7 Å². The van der Waals surface area contributed by atoms with Gasteiger partial charge in [0.05, 0.1) is 0 Å². The largest absolute Gasteiger partial charge is 0.344 e. The minimum absolute atomic E-state index is 0.948. The summed E-state index contributed by atoms with van der Waals surface area (Å²) in [4.78, 5) is 8.88. The molecule has 0 radical (unpaired) electrons. The molecule has 3 heteroatoms. The Morgan fingerprint density at radius 3 is 2.27 bits per heavy atom. The lowest BCUT2D eigenvalue weighted by Gasteiger charge is -2.15.